The van der Waals surface area contributed by atoms with Crippen LogP contribution in [0.1, 0.15) is 42.0 Å². The van der Waals surface area contributed by atoms with Gasteiger partial charge in [-0.2, -0.15) is 0 Å². The van der Waals surface area contributed by atoms with Gasteiger partial charge in [0.05, 0.1) is 5.01 Å². The molecule has 1 aliphatic carbocycles. The van der Waals surface area contributed by atoms with Gasteiger partial charge in [0.25, 0.3) is 0 Å². The van der Waals surface area contributed by atoms with Crippen molar-refractivity contribution in [3.63, 3.8) is 0 Å². The smallest absolute Gasteiger partial charge is 0.191 e. The molecule has 2 rings (SSSR count). The minimum atomic E-state index is 0.375. The third-order valence-corrected chi connectivity index (χ3v) is 5.63. The molecule has 23 heavy (non-hydrogen) atoms. The summed E-state index contributed by atoms with van der Waals surface area (Å²) in [6.45, 7) is 4.78. The van der Waals surface area contributed by atoms with Crippen LogP contribution < -0.4 is 10.6 Å². The molecule has 0 aromatic carbocycles. The molecule has 1 aromatic rings. The first kappa shape index (κ1) is 18.2. The maximum atomic E-state index is 5.30. The van der Waals surface area contributed by atoms with Crippen LogP contribution in [0.2, 0.25) is 0 Å². The quantitative estimate of drug-likeness (QED) is 0.565. The lowest BCUT2D eigenvalue weighted by Gasteiger charge is -2.29. The molecule has 1 aliphatic rings. The largest absolute Gasteiger partial charge is 0.385 e. The fourth-order valence-corrected chi connectivity index (χ4v) is 4.04. The monoisotopic (exact) mass is 338 g/mol. The summed E-state index contributed by atoms with van der Waals surface area (Å²) in [6.07, 6.45) is 9.26. The standard InChI is InChI=1S/C17H30N4OS/c1-14-12-20-15(23-14)6-10-19-16(18-2)21-13-17(9-11-22-3)7-4-5-8-17/h12H,4-11,13H2,1-3H3,(H2,18,19,21). The van der Waals surface area contributed by atoms with Crippen molar-refractivity contribution >= 4 is 17.3 Å². The Morgan fingerprint density at radius 2 is 2.17 bits per heavy atom. The molecule has 0 unspecified atom stereocenters. The molecule has 130 valence electrons. The number of rotatable bonds is 8. The van der Waals surface area contributed by atoms with Crippen molar-refractivity contribution in [2.24, 2.45) is 10.4 Å². The normalized spacial score (nSPS) is 17.4. The van der Waals surface area contributed by atoms with E-state index in [0.29, 0.717) is 5.41 Å². The highest BCUT2D eigenvalue weighted by Crippen LogP contribution is 2.40. The Morgan fingerprint density at radius 3 is 2.78 bits per heavy atom. The van der Waals surface area contributed by atoms with Gasteiger partial charge in [-0.25, -0.2) is 4.98 Å². The van der Waals surface area contributed by atoms with Gasteiger partial charge in [0.15, 0.2) is 5.96 Å². The molecule has 0 atom stereocenters. The summed E-state index contributed by atoms with van der Waals surface area (Å²) >= 11 is 1.76. The van der Waals surface area contributed by atoms with Crippen LogP contribution in [0.3, 0.4) is 0 Å². The van der Waals surface area contributed by atoms with Crippen molar-refractivity contribution in [1.82, 2.24) is 15.6 Å². The Bertz CT molecular complexity index is 495. The minimum absolute atomic E-state index is 0.375. The molecule has 1 aromatic heterocycles. The van der Waals surface area contributed by atoms with Gasteiger partial charge in [0.1, 0.15) is 0 Å². The highest BCUT2D eigenvalue weighted by atomic mass is 32.1. The average molecular weight is 339 g/mol. The van der Waals surface area contributed by atoms with E-state index in [1.165, 1.54) is 35.6 Å². The molecule has 0 bridgehead atoms. The summed E-state index contributed by atoms with van der Waals surface area (Å²) in [5, 5.41) is 8.10. The lowest BCUT2D eigenvalue weighted by Crippen LogP contribution is -2.43. The van der Waals surface area contributed by atoms with E-state index in [0.717, 1.165) is 38.5 Å². The summed E-state index contributed by atoms with van der Waals surface area (Å²) in [4.78, 5) is 10.0. The fraction of sp³-hybridized carbons (Fsp3) is 0.765. The molecule has 2 N–H and O–H groups in total. The van der Waals surface area contributed by atoms with Crippen molar-refractivity contribution in [3.8, 4) is 0 Å². The Balaban J connectivity index is 1.75. The zero-order valence-corrected chi connectivity index (χ0v) is 15.5. The van der Waals surface area contributed by atoms with Gasteiger partial charge in [0.2, 0.25) is 0 Å². The first-order chi connectivity index (χ1) is 11.2. The van der Waals surface area contributed by atoms with Crippen LogP contribution in [-0.4, -0.2) is 44.8 Å². The van der Waals surface area contributed by atoms with E-state index in [9.17, 15) is 0 Å². The van der Waals surface area contributed by atoms with Crippen molar-refractivity contribution in [1.29, 1.82) is 0 Å². The number of nitrogens with zero attached hydrogens (tertiary/aromatic N) is 2. The molecule has 0 spiro atoms. The van der Waals surface area contributed by atoms with Crippen LogP contribution in [0.4, 0.5) is 0 Å². The number of hydrogen-bond acceptors (Lipinski definition) is 4. The fourth-order valence-electron chi connectivity index (χ4n) is 3.26. The Labute approximate surface area is 144 Å². The zero-order chi connectivity index (χ0) is 16.5. The van der Waals surface area contributed by atoms with E-state index in [-0.39, 0.29) is 0 Å². The second-order valence-electron chi connectivity index (χ2n) is 6.42. The summed E-state index contributed by atoms with van der Waals surface area (Å²) in [7, 11) is 3.62. The number of thiazole rings is 1. The zero-order valence-electron chi connectivity index (χ0n) is 14.7. The Morgan fingerprint density at radius 1 is 1.39 bits per heavy atom. The summed E-state index contributed by atoms with van der Waals surface area (Å²) < 4.78 is 5.30. The molecule has 6 heteroatoms. The predicted molar refractivity (Wildman–Crippen MR) is 97.3 cm³/mol. The van der Waals surface area contributed by atoms with E-state index in [2.05, 4.69) is 27.5 Å². The van der Waals surface area contributed by atoms with Crippen molar-refractivity contribution in [2.75, 3.05) is 33.9 Å². The summed E-state index contributed by atoms with van der Waals surface area (Å²) in [5.41, 5.74) is 0.375. The summed E-state index contributed by atoms with van der Waals surface area (Å²) in [6, 6.07) is 0. The molecule has 0 aliphatic heterocycles. The van der Waals surface area contributed by atoms with Gasteiger partial charge in [-0.15, -0.1) is 11.3 Å². The number of aromatic nitrogens is 1. The first-order valence-electron chi connectivity index (χ1n) is 8.52. The SMILES string of the molecule is CN=C(NCCc1ncc(C)s1)NCC1(CCOC)CCCC1. The molecule has 5 nitrogen and oxygen atoms in total. The maximum Gasteiger partial charge on any atom is 0.191 e. The number of methoxy groups -OCH3 is 1. The predicted octanol–water partition coefficient (Wildman–Crippen LogP) is 2.76. The topological polar surface area (TPSA) is 58.5 Å². The molecule has 1 heterocycles. The van der Waals surface area contributed by atoms with E-state index in [1.54, 1.807) is 18.4 Å². The number of aliphatic imine (C=N–C) groups is 1. The highest BCUT2D eigenvalue weighted by Gasteiger charge is 2.33. The number of ether oxygens (including phenoxy) is 1. The molecular formula is C17H30N4OS. The van der Waals surface area contributed by atoms with Crippen LogP contribution in [0.25, 0.3) is 0 Å². The van der Waals surface area contributed by atoms with Gasteiger partial charge < -0.3 is 15.4 Å². The average Bonchev–Trinajstić information content (AvgIpc) is 3.18. The van der Waals surface area contributed by atoms with E-state index >= 15 is 0 Å². The molecule has 1 fully saturated rings. The minimum Gasteiger partial charge on any atom is -0.385 e. The van der Waals surface area contributed by atoms with Crippen LogP contribution in [0.5, 0.6) is 0 Å². The second-order valence-corrected chi connectivity index (χ2v) is 7.74. The molecule has 0 saturated heterocycles. The molecule has 0 amide bonds. The number of aryl methyl sites for hydroxylation is 1. The third kappa shape index (κ3) is 5.77. The molecular weight excluding hydrogens is 308 g/mol. The number of nitrogens with one attached hydrogen (secondary N) is 2. The molecule has 1 saturated carbocycles. The number of hydrogen-bond donors (Lipinski definition) is 2. The van der Waals surface area contributed by atoms with Gasteiger partial charge >= 0.3 is 0 Å². The first-order valence-corrected chi connectivity index (χ1v) is 9.34. The lowest BCUT2D eigenvalue weighted by atomic mass is 9.83. The third-order valence-electron chi connectivity index (χ3n) is 4.66. The highest BCUT2D eigenvalue weighted by molar-refractivity contribution is 7.11. The van der Waals surface area contributed by atoms with Crippen molar-refractivity contribution < 1.29 is 4.74 Å². The number of guanidine groups is 1. The Kier molecular flexibility index (Phi) is 7.30. The lowest BCUT2D eigenvalue weighted by molar-refractivity contribution is 0.138. The van der Waals surface area contributed by atoms with Crippen LogP contribution in [0.15, 0.2) is 11.2 Å². The molecule has 0 radical (unpaired) electrons. The maximum absolute atomic E-state index is 5.30. The van der Waals surface area contributed by atoms with Gasteiger partial charge in [-0.1, -0.05) is 12.8 Å². The van der Waals surface area contributed by atoms with E-state index < -0.39 is 0 Å². The van der Waals surface area contributed by atoms with E-state index in [1.807, 2.05) is 13.2 Å². The Hall–Kier alpha value is -1.14. The van der Waals surface area contributed by atoms with Crippen LogP contribution in [-0.2, 0) is 11.2 Å². The van der Waals surface area contributed by atoms with Gasteiger partial charge in [-0.3, -0.25) is 4.99 Å². The summed E-state index contributed by atoms with van der Waals surface area (Å²) in [5.74, 6) is 0.891. The van der Waals surface area contributed by atoms with Crippen molar-refractivity contribution in [2.45, 2.75) is 45.4 Å². The van der Waals surface area contributed by atoms with Crippen molar-refractivity contribution in [3.05, 3.63) is 16.1 Å². The second kappa shape index (κ2) is 9.23. The van der Waals surface area contributed by atoms with Crippen LogP contribution >= 0.6 is 11.3 Å². The van der Waals surface area contributed by atoms with Crippen LogP contribution in [0, 0.1) is 12.3 Å². The van der Waals surface area contributed by atoms with E-state index in [4.69, 9.17) is 4.74 Å². The van der Waals surface area contributed by atoms with Gasteiger partial charge in [0, 0.05) is 51.3 Å². The van der Waals surface area contributed by atoms with Gasteiger partial charge in [-0.05, 0) is 31.6 Å².